The van der Waals surface area contributed by atoms with Crippen molar-refractivity contribution in [2.75, 3.05) is 12.4 Å². The Hall–Kier alpha value is -0.420. The van der Waals surface area contributed by atoms with Crippen LogP contribution in [0.25, 0.3) is 0 Å². The zero-order chi connectivity index (χ0) is 11.5. The summed E-state index contributed by atoms with van der Waals surface area (Å²) in [5.74, 6) is -0.123. The molecule has 15 heavy (non-hydrogen) atoms. The second-order valence-electron chi connectivity index (χ2n) is 3.41. The van der Waals surface area contributed by atoms with Crippen LogP contribution in [0.5, 0.6) is 0 Å². The van der Waals surface area contributed by atoms with E-state index >= 15 is 0 Å². The Morgan fingerprint density at radius 1 is 1.27 bits per heavy atom. The summed E-state index contributed by atoms with van der Waals surface area (Å²) in [6.45, 7) is 2.60. The molecule has 0 amide bonds. The molecule has 4 nitrogen and oxygen atoms in total. The predicted octanol–water partition coefficient (Wildman–Crippen LogP) is 2.11. The van der Waals surface area contributed by atoms with E-state index in [2.05, 4.69) is 6.92 Å². The molecule has 90 valence electrons. The Balaban J connectivity index is 3.22. The van der Waals surface area contributed by atoms with Gasteiger partial charge < -0.3 is 9.29 Å². The number of hydrogen-bond donors (Lipinski definition) is 1. The highest BCUT2D eigenvalue weighted by Crippen LogP contribution is 2.00. The molecule has 0 saturated carbocycles. The van der Waals surface area contributed by atoms with Gasteiger partial charge in [-0.2, -0.15) is 0 Å². The van der Waals surface area contributed by atoms with E-state index in [1.165, 1.54) is 6.42 Å². The van der Waals surface area contributed by atoms with Gasteiger partial charge in [0, 0.05) is 12.2 Å². The summed E-state index contributed by atoms with van der Waals surface area (Å²) in [5.41, 5.74) is 0. The average Bonchev–Trinajstić information content (AvgIpc) is 2.17. The molecule has 1 unspecified atom stereocenters. The van der Waals surface area contributed by atoms with Crippen LogP contribution in [-0.2, 0) is 20.6 Å². The number of unbranched alkanes of at least 4 members (excludes halogenated alkanes) is 3. The van der Waals surface area contributed by atoms with Crippen LogP contribution < -0.4 is 0 Å². The number of carbonyl (C=O) groups excluding carboxylic acids is 1. The molecule has 0 fully saturated rings. The highest BCUT2D eigenvalue weighted by Gasteiger charge is 2.03. The molecule has 0 aromatic heterocycles. The molecule has 0 aliphatic heterocycles. The summed E-state index contributed by atoms with van der Waals surface area (Å²) in [4.78, 5) is 11.1. The van der Waals surface area contributed by atoms with Gasteiger partial charge in [-0.25, -0.2) is 4.21 Å². The summed E-state index contributed by atoms with van der Waals surface area (Å²) < 4.78 is 23.7. The van der Waals surface area contributed by atoms with Crippen LogP contribution >= 0.6 is 0 Å². The lowest BCUT2D eigenvalue weighted by atomic mass is 10.2. The Morgan fingerprint density at radius 3 is 2.60 bits per heavy atom. The van der Waals surface area contributed by atoms with Crippen molar-refractivity contribution in [1.29, 1.82) is 0 Å². The maximum Gasteiger partial charge on any atom is 0.305 e. The van der Waals surface area contributed by atoms with Gasteiger partial charge in [-0.1, -0.05) is 26.2 Å². The maximum atomic E-state index is 11.1. The van der Waals surface area contributed by atoms with Crippen molar-refractivity contribution in [3.63, 3.8) is 0 Å². The minimum absolute atomic E-state index is 0.144. The van der Waals surface area contributed by atoms with Crippen molar-refractivity contribution in [1.82, 2.24) is 0 Å². The van der Waals surface area contributed by atoms with Crippen molar-refractivity contribution in [2.24, 2.45) is 0 Å². The molecule has 1 atom stereocenters. The zero-order valence-electron chi connectivity index (χ0n) is 9.24. The normalized spacial score (nSPS) is 12.4. The summed E-state index contributed by atoms with van der Waals surface area (Å²) in [7, 11) is 0. The minimum atomic E-state index is -1.80. The number of ether oxygens (including phenoxy) is 1. The van der Waals surface area contributed by atoms with Crippen LogP contribution in [0.2, 0.25) is 0 Å². The Bertz CT molecular complexity index is 194. The largest absolute Gasteiger partial charge is 0.466 e. The molecule has 0 aromatic carbocycles. The van der Waals surface area contributed by atoms with Gasteiger partial charge in [0.1, 0.15) is 0 Å². The maximum absolute atomic E-state index is 11.1. The van der Waals surface area contributed by atoms with Gasteiger partial charge in [0.2, 0.25) is 0 Å². The van der Waals surface area contributed by atoms with Crippen molar-refractivity contribution in [3.8, 4) is 0 Å². The number of carbonyl (C=O) groups is 1. The third-order valence-electron chi connectivity index (χ3n) is 1.96. The smallest absolute Gasteiger partial charge is 0.305 e. The SMILES string of the molecule is CCCCCCOC(=O)CCCS(=O)O. The Morgan fingerprint density at radius 2 is 2.00 bits per heavy atom. The lowest BCUT2D eigenvalue weighted by Gasteiger charge is -2.03. The summed E-state index contributed by atoms with van der Waals surface area (Å²) >= 11 is -1.80. The zero-order valence-corrected chi connectivity index (χ0v) is 10.1. The first-order chi connectivity index (χ1) is 7.16. The van der Waals surface area contributed by atoms with Gasteiger partial charge in [0.05, 0.1) is 6.61 Å². The lowest BCUT2D eigenvalue weighted by Crippen LogP contribution is -2.07. The molecule has 0 radical (unpaired) electrons. The van der Waals surface area contributed by atoms with Gasteiger partial charge in [0.25, 0.3) is 0 Å². The fraction of sp³-hybridized carbons (Fsp3) is 0.900. The van der Waals surface area contributed by atoms with Gasteiger partial charge in [-0.05, 0) is 12.8 Å². The monoisotopic (exact) mass is 236 g/mol. The number of rotatable bonds is 9. The summed E-state index contributed by atoms with van der Waals surface area (Å²) in [6, 6.07) is 0. The minimum Gasteiger partial charge on any atom is -0.466 e. The first-order valence-corrected chi connectivity index (χ1v) is 6.67. The molecule has 0 spiro atoms. The van der Waals surface area contributed by atoms with E-state index in [4.69, 9.17) is 9.29 Å². The van der Waals surface area contributed by atoms with Crippen LogP contribution in [0.1, 0.15) is 45.4 Å². The number of esters is 1. The fourth-order valence-corrected chi connectivity index (χ4v) is 1.52. The van der Waals surface area contributed by atoms with E-state index in [0.29, 0.717) is 13.0 Å². The Kier molecular flexibility index (Phi) is 9.83. The van der Waals surface area contributed by atoms with Gasteiger partial charge in [0.15, 0.2) is 11.1 Å². The average molecular weight is 236 g/mol. The topological polar surface area (TPSA) is 63.6 Å². The van der Waals surface area contributed by atoms with Crippen LogP contribution in [-0.4, -0.2) is 27.1 Å². The molecule has 1 N–H and O–H groups in total. The van der Waals surface area contributed by atoms with Crippen LogP contribution in [0.15, 0.2) is 0 Å². The fourth-order valence-electron chi connectivity index (χ4n) is 1.13. The van der Waals surface area contributed by atoms with Crippen molar-refractivity contribution in [2.45, 2.75) is 45.4 Å². The van der Waals surface area contributed by atoms with E-state index in [0.717, 1.165) is 19.3 Å². The first-order valence-electron chi connectivity index (χ1n) is 5.40. The molecule has 0 rings (SSSR count). The number of hydrogen-bond acceptors (Lipinski definition) is 3. The third-order valence-corrected chi connectivity index (χ3v) is 2.60. The van der Waals surface area contributed by atoms with Crippen LogP contribution in [0.3, 0.4) is 0 Å². The van der Waals surface area contributed by atoms with E-state index < -0.39 is 11.1 Å². The molecule has 0 bridgehead atoms. The second kappa shape index (κ2) is 10.1. The van der Waals surface area contributed by atoms with Crippen molar-refractivity contribution in [3.05, 3.63) is 0 Å². The summed E-state index contributed by atoms with van der Waals surface area (Å²) in [6.07, 6.45) is 4.98. The molecular formula is C10H20O4S. The predicted molar refractivity (Wildman–Crippen MR) is 60.0 cm³/mol. The van der Waals surface area contributed by atoms with Crippen LogP contribution in [0, 0.1) is 0 Å². The molecule has 0 saturated heterocycles. The Labute approximate surface area is 93.7 Å². The van der Waals surface area contributed by atoms with E-state index in [9.17, 15) is 9.00 Å². The molecule has 5 heteroatoms. The standard InChI is InChI=1S/C10H20O4S/c1-2-3-4-5-8-14-10(11)7-6-9-15(12)13/h2-9H2,1H3,(H,12,13). The van der Waals surface area contributed by atoms with Gasteiger partial charge in [-0.3, -0.25) is 4.79 Å². The molecule has 0 aliphatic rings. The second-order valence-corrected chi connectivity index (χ2v) is 4.46. The molecular weight excluding hydrogens is 216 g/mol. The van der Waals surface area contributed by atoms with Crippen molar-refractivity contribution >= 4 is 17.0 Å². The van der Waals surface area contributed by atoms with Crippen LogP contribution in [0.4, 0.5) is 0 Å². The molecule has 0 heterocycles. The highest BCUT2D eigenvalue weighted by atomic mass is 32.2. The van der Waals surface area contributed by atoms with Gasteiger partial charge in [-0.15, -0.1) is 0 Å². The summed E-state index contributed by atoms with van der Waals surface area (Å²) in [5, 5.41) is 0. The molecule has 0 aromatic rings. The molecule has 0 aliphatic carbocycles. The van der Waals surface area contributed by atoms with Crippen molar-refractivity contribution < 1.29 is 18.3 Å². The first kappa shape index (κ1) is 14.6. The van der Waals surface area contributed by atoms with E-state index in [1.54, 1.807) is 0 Å². The highest BCUT2D eigenvalue weighted by molar-refractivity contribution is 7.79. The van der Waals surface area contributed by atoms with E-state index in [1.807, 2.05) is 0 Å². The van der Waals surface area contributed by atoms with E-state index in [-0.39, 0.29) is 18.1 Å². The van der Waals surface area contributed by atoms with Gasteiger partial charge >= 0.3 is 5.97 Å². The third kappa shape index (κ3) is 11.5. The quantitative estimate of drug-likeness (QED) is 0.378. The lowest BCUT2D eigenvalue weighted by molar-refractivity contribution is -0.143.